The van der Waals surface area contributed by atoms with E-state index in [1.54, 1.807) is 6.07 Å². The molecule has 1 aromatic heterocycles. The van der Waals surface area contributed by atoms with Crippen LogP contribution in [-0.2, 0) is 19.0 Å². The number of aromatic nitrogens is 3. The van der Waals surface area contributed by atoms with Crippen molar-refractivity contribution in [3.8, 4) is 0 Å². The molecule has 0 amide bonds. The number of halogens is 4. The smallest absolute Gasteiger partial charge is 0.218 e. The standard InChI is InChI=1S/C14H13ClF3N3/c1-2-4-11-19-12(21-13(15)20-11)8-9-5-3-6-10(7-9)14(16,17)18/h3,5-7H,2,4,8H2,1H3. The van der Waals surface area contributed by atoms with Crippen LogP contribution in [0.2, 0.25) is 5.28 Å². The van der Waals surface area contributed by atoms with Crippen molar-refractivity contribution >= 4 is 11.6 Å². The summed E-state index contributed by atoms with van der Waals surface area (Å²) in [6, 6.07) is 5.10. The lowest BCUT2D eigenvalue weighted by atomic mass is 10.1. The third-order valence-corrected chi connectivity index (χ3v) is 2.96. The van der Waals surface area contributed by atoms with Gasteiger partial charge in [0.15, 0.2) is 0 Å². The number of hydrogen-bond acceptors (Lipinski definition) is 3. The van der Waals surface area contributed by atoms with Gasteiger partial charge in [-0.1, -0.05) is 25.1 Å². The molecule has 0 bridgehead atoms. The van der Waals surface area contributed by atoms with Gasteiger partial charge in [-0.3, -0.25) is 0 Å². The van der Waals surface area contributed by atoms with E-state index in [0.717, 1.165) is 18.6 Å². The van der Waals surface area contributed by atoms with Crippen molar-refractivity contribution in [1.29, 1.82) is 0 Å². The molecule has 0 unspecified atom stereocenters. The molecular weight excluding hydrogens is 303 g/mol. The summed E-state index contributed by atoms with van der Waals surface area (Å²) in [4.78, 5) is 12.2. The van der Waals surface area contributed by atoms with E-state index >= 15 is 0 Å². The second kappa shape index (κ2) is 6.39. The fourth-order valence-electron chi connectivity index (χ4n) is 1.89. The molecule has 2 aromatic rings. The summed E-state index contributed by atoms with van der Waals surface area (Å²) in [7, 11) is 0. The third kappa shape index (κ3) is 4.39. The molecule has 21 heavy (non-hydrogen) atoms. The van der Waals surface area contributed by atoms with Crippen LogP contribution in [0.4, 0.5) is 13.2 Å². The Bertz CT molecular complexity index is 629. The first kappa shape index (κ1) is 15.7. The third-order valence-electron chi connectivity index (χ3n) is 2.79. The lowest BCUT2D eigenvalue weighted by Crippen LogP contribution is -2.07. The van der Waals surface area contributed by atoms with Crippen LogP contribution in [0.5, 0.6) is 0 Å². The summed E-state index contributed by atoms with van der Waals surface area (Å²) in [6.07, 6.45) is -2.68. The molecule has 1 heterocycles. The van der Waals surface area contributed by atoms with Gasteiger partial charge in [-0.05, 0) is 29.7 Å². The second-order valence-corrected chi connectivity index (χ2v) is 4.90. The van der Waals surface area contributed by atoms with E-state index in [2.05, 4.69) is 15.0 Å². The average Bonchev–Trinajstić information content (AvgIpc) is 2.37. The van der Waals surface area contributed by atoms with Crippen LogP contribution in [0.3, 0.4) is 0 Å². The van der Waals surface area contributed by atoms with Gasteiger partial charge in [0.1, 0.15) is 11.6 Å². The Labute approximate surface area is 125 Å². The molecule has 0 aliphatic heterocycles. The molecule has 3 nitrogen and oxygen atoms in total. The quantitative estimate of drug-likeness (QED) is 0.853. The highest BCUT2D eigenvalue weighted by atomic mass is 35.5. The molecule has 2 rings (SSSR count). The zero-order chi connectivity index (χ0) is 15.5. The number of nitrogens with zero attached hydrogens (tertiary/aromatic N) is 3. The molecule has 7 heteroatoms. The first-order valence-corrected chi connectivity index (χ1v) is 6.81. The molecule has 0 N–H and O–H groups in total. The zero-order valence-corrected chi connectivity index (χ0v) is 12.0. The van der Waals surface area contributed by atoms with Crippen molar-refractivity contribution in [2.45, 2.75) is 32.4 Å². The van der Waals surface area contributed by atoms with E-state index in [9.17, 15) is 13.2 Å². The summed E-state index contributed by atoms with van der Waals surface area (Å²) in [5.41, 5.74) is -0.205. The number of benzene rings is 1. The number of aryl methyl sites for hydroxylation is 1. The summed E-state index contributed by atoms with van der Waals surface area (Å²) in [5, 5.41) is 0.0652. The molecule has 0 atom stereocenters. The Balaban J connectivity index is 2.26. The van der Waals surface area contributed by atoms with E-state index in [0.29, 0.717) is 23.6 Å². The summed E-state index contributed by atoms with van der Waals surface area (Å²) in [6.45, 7) is 1.98. The highest BCUT2D eigenvalue weighted by molar-refractivity contribution is 6.28. The molecule has 0 saturated heterocycles. The minimum atomic E-state index is -4.36. The van der Waals surface area contributed by atoms with Crippen molar-refractivity contribution < 1.29 is 13.2 Å². The first-order valence-electron chi connectivity index (χ1n) is 6.44. The van der Waals surface area contributed by atoms with E-state index in [4.69, 9.17) is 11.6 Å². The van der Waals surface area contributed by atoms with Crippen LogP contribution in [0.15, 0.2) is 24.3 Å². The van der Waals surface area contributed by atoms with Gasteiger partial charge in [-0.25, -0.2) is 15.0 Å². The maximum absolute atomic E-state index is 12.7. The van der Waals surface area contributed by atoms with Gasteiger partial charge in [0, 0.05) is 12.8 Å². The van der Waals surface area contributed by atoms with Gasteiger partial charge in [-0.15, -0.1) is 0 Å². The van der Waals surface area contributed by atoms with Crippen molar-refractivity contribution in [2.24, 2.45) is 0 Å². The Morgan fingerprint density at radius 3 is 2.48 bits per heavy atom. The Kier molecular flexibility index (Phi) is 4.77. The molecule has 0 aliphatic rings. The van der Waals surface area contributed by atoms with Crippen LogP contribution in [0.25, 0.3) is 0 Å². The van der Waals surface area contributed by atoms with Gasteiger partial charge in [0.05, 0.1) is 5.56 Å². The van der Waals surface area contributed by atoms with Crippen molar-refractivity contribution in [2.75, 3.05) is 0 Å². The minimum absolute atomic E-state index is 0.0652. The Morgan fingerprint density at radius 1 is 1.10 bits per heavy atom. The zero-order valence-electron chi connectivity index (χ0n) is 11.3. The van der Waals surface area contributed by atoms with Gasteiger partial charge in [0.25, 0.3) is 0 Å². The Hall–Kier alpha value is -1.69. The van der Waals surface area contributed by atoms with Crippen molar-refractivity contribution in [3.05, 3.63) is 52.3 Å². The average molecular weight is 316 g/mol. The maximum Gasteiger partial charge on any atom is 0.416 e. The molecule has 1 aromatic carbocycles. The van der Waals surface area contributed by atoms with Crippen LogP contribution >= 0.6 is 11.6 Å². The second-order valence-electron chi connectivity index (χ2n) is 4.56. The number of alkyl halides is 3. The monoisotopic (exact) mass is 315 g/mol. The van der Waals surface area contributed by atoms with Crippen molar-refractivity contribution in [1.82, 2.24) is 15.0 Å². The fraction of sp³-hybridized carbons (Fsp3) is 0.357. The van der Waals surface area contributed by atoms with Gasteiger partial charge in [-0.2, -0.15) is 13.2 Å². The lowest BCUT2D eigenvalue weighted by Gasteiger charge is -2.08. The predicted octanol–water partition coefficient (Wildman–Crippen LogP) is 4.09. The fourth-order valence-corrected chi connectivity index (χ4v) is 2.09. The lowest BCUT2D eigenvalue weighted by molar-refractivity contribution is -0.137. The minimum Gasteiger partial charge on any atom is -0.218 e. The molecule has 0 spiro atoms. The SMILES string of the molecule is CCCc1nc(Cl)nc(Cc2cccc(C(F)(F)F)c2)n1. The summed E-state index contributed by atoms with van der Waals surface area (Å²) >= 11 is 5.81. The van der Waals surface area contributed by atoms with E-state index in [-0.39, 0.29) is 11.7 Å². The maximum atomic E-state index is 12.7. The number of rotatable bonds is 4. The van der Waals surface area contributed by atoms with Gasteiger partial charge >= 0.3 is 6.18 Å². The summed E-state index contributed by atoms with van der Waals surface area (Å²) < 4.78 is 38.0. The van der Waals surface area contributed by atoms with Crippen LogP contribution < -0.4 is 0 Å². The highest BCUT2D eigenvalue weighted by Crippen LogP contribution is 2.29. The van der Waals surface area contributed by atoms with Crippen LogP contribution in [0.1, 0.15) is 36.1 Å². The van der Waals surface area contributed by atoms with Crippen molar-refractivity contribution in [3.63, 3.8) is 0 Å². The van der Waals surface area contributed by atoms with Crippen LogP contribution in [0, 0.1) is 0 Å². The molecular formula is C14H13ClF3N3. The molecule has 0 radical (unpaired) electrons. The predicted molar refractivity (Wildman–Crippen MR) is 73.1 cm³/mol. The Morgan fingerprint density at radius 2 is 1.81 bits per heavy atom. The largest absolute Gasteiger partial charge is 0.416 e. The summed E-state index contributed by atoms with van der Waals surface area (Å²) in [5.74, 6) is 0.928. The number of hydrogen-bond donors (Lipinski definition) is 0. The first-order chi connectivity index (χ1) is 9.88. The highest BCUT2D eigenvalue weighted by Gasteiger charge is 2.30. The van der Waals surface area contributed by atoms with Crippen LogP contribution in [-0.4, -0.2) is 15.0 Å². The van der Waals surface area contributed by atoms with Gasteiger partial charge in [0.2, 0.25) is 5.28 Å². The molecule has 112 valence electrons. The molecule has 0 aliphatic carbocycles. The van der Waals surface area contributed by atoms with Gasteiger partial charge < -0.3 is 0 Å². The normalized spacial score (nSPS) is 11.7. The van der Waals surface area contributed by atoms with E-state index in [1.807, 2.05) is 6.92 Å². The van der Waals surface area contributed by atoms with E-state index in [1.165, 1.54) is 6.07 Å². The molecule has 0 fully saturated rings. The van der Waals surface area contributed by atoms with E-state index < -0.39 is 11.7 Å². The molecule has 0 saturated carbocycles. The topological polar surface area (TPSA) is 38.7 Å².